The molecule has 0 aromatic carbocycles. The highest BCUT2D eigenvalue weighted by atomic mass is 31.0. The Kier molecular flexibility index (Phi) is 1440. The normalized spacial score (nSPS) is 3.50. The Morgan fingerprint density at radius 2 is 1.25 bits per heavy atom. The molecule has 28 valence electrons. The van der Waals surface area contributed by atoms with E-state index >= 15 is 0 Å². The molecule has 0 aliphatic heterocycles. The van der Waals surface area contributed by atoms with E-state index in [-0.39, 0.29) is 0 Å². The Bertz CT molecular complexity index is 3.25. The molecule has 2 N–H and O–H groups in total. The molecule has 0 aromatic heterocycles. The summed E-state index contributed by atoms with van der Waals surface area (Å²) in [5, 5.41) is 12.0. The second-order valence-electron chi connectivity index (χ2n) is 0. The lowest BCUT2D eigenvalue weighted by atomic mass is 15.0. The van der Waals surface area contributed by atoms with Gasteiger partial charge >= 0.3 is 0 Å². The molecule has 0 saturated carbocycles. The van der Waals surface area contributed by atoms with Gasteiger partial charge in [0.15, 0.2) is 0 Å². The van der Waals surface area contributed by atoms with Crippen molar-refractivity contribution >= 4 is 9.12 Å². The minimum absolute atomic E-state index is 0.611. The van der Waals surface area contributed by atoms with Crippen LogP contribution in [0.1, 0.15) is 0 Å². The van der Waals surface area contributed by atoms with Crippen LogP contribution in [0.4, 0.5) is 0 Å². The standard InChI is InChI=1S/H2O2.H3OP/c2*1-2/h1-2H;2H3. The molecule has 0 aliphatic rings. The molecule has 1 atom stereocenters. The van der Waals surface area contributed by atoms with Crippen molar-refractivity contribution in [3.8, 4) is 0 Å². The highest BCUT2D eigenvalue weighted by Gasteiger charge is 0.745. The Balaban J connectivity index is 0. The fourth-order valence-corrected chi connectivity index (χ4v) is 0. The first-order valence-corrected chi connectivity index (χ1v) is 1.07. The first-order chi connectivity index (χ1) is 2.00. The van der Waals surface area contributed by atoms with E-state index in [1.54, 1.807) is 0 Å². The zero-order chi connectivity index (χ0) is 4.00. The van der Waals surface area contributed by atoms with E-state index in [9.17, 15) is 0 Å². The van der Waals surface area contributed by atoms with Crippen molar-refractivity contribution in [1.82, 2.24) is 0 Å². The van der Waals surface area contributed by atoms with Crippen LogP contribution in [0.15, 0.2) is 0 Å². The first kappa shape index (κ1) is 8.91. The van der Waals surface area contributed by atoms with E-state index in [0.717, 1.165) is 0 Å². The Morgan fingerprint density at radius 3 is 1.25 bits per heavy atom. The van der Waals surface area contributed by atoms with Crippen molar-refractivity contribution in [3.05, 3.63) is 0 Å². The van der Waals surface area contributed by atoms with Crippen LogP contribution in [0, 0.1) is 0 Å². The summed E-state index contributed by atoms with van der Waals surface area (Å²) in [5.74, 6) is 0. The molecule has 3 nitrogen and oxygen atoms in total. The van der Waals surface area contributed by atoms with Gasteiger partial charge < -0.3 is 4.57 Å². The van der Waals surface area contributed by atoms with Crippen LogP contribution in [0.5, 0.6) is 0 Å². The quantitative estimate of drug-likeness (QED) is 0.246. The molecule has 0 heterocycles. The molecule has 0 rings (SSSR count). The average Bonchev–Trinajstić information content (AvgIpc) is 1.50. The van der Waals surface area contributed by atoms with Crippen molar-refractivity contribution in [2.24, 2.45) is 0 Å². The summed E-state index contributed by atoms with van der Waals surface area (Å²) in [7, 11) is 0.611. The lowest BCUT2D eigenvalue weighted by Gasteiger charge is -1.25. The van der Waals surface area contributed by atoms with Gasteiger partial charge in [-0.15, -0.1) is 0 Å². The summed E-state index contributed by atoms with van der Waals surface area (Å²) in [6, 6.07) is 0. The van der Waals surface area contributed by atoms with Gasteiger partial charge in [0.2, 0.25) is 0 Å². The molecular formula is H5O3P. The van der Waals surface area contributed by atoms with Crippen molar-refractivity contribution in [3.63, 3.8) is 0 Å². The molecule has 4 heavy (non-hydrogen) atoms. The van der Waals surface area contributed by atoms with Crippen LogP contribution in [0.3, 0.4) is 0 Å². The van der Waals surface area contributed by atoms with Gasteiger partial charge in [-0.2, -0.15) is 0 Å². The van der Waals surface area contributed by atoms with Crippen LogP contribution in [-0.2, 0) is 4.57 Å². The van der Waals surface area contributed by atoms with Crippen molar-refractivity contribution < 1.29 is 15.1 Å². The van der Waals surface area contributed by atoms with Crippen LogP contribution >= 0.6 is 9.12 Å². The minimum atomic E-state index is 0.611. The Labute approximate surface area is 25.4 Å². The zero-order valence-electron chi connectivity index (χ0n) is 2.01. The van der Waals surface area contributed by atoms with Crippen LogP contribution in [0.25, 0.3) is 0 Å². The fourth-order valence-electron chi connectivity index (χ4n) is 0. The van der Waals surface area contributed by atoms with Gasteiger partial charge in [0.05, 0.1) is 9.12 Å². The monoisotopic (exact) mass is 84.0 g/mol. The average molecular weight is 84.0 g/mol. The number of hydrogen-bond donors (Lipinski definition) is 2. The van der Waals surface area contributed by atoms with Gasteiger partial charge in [-0.3, -0.25) is 10.5 Å². The number of hydrogen-bond acceptors (Lipinski definition) is 3. The second-order valence-corrected chi connectivity index (χ2v) is 0. The molecule has 0 amide bonds. The van der Waals surface area contributed by atoms with E-state index < -0.39 is 0 Å². The highest BCUT2D eigenvalue weighted by molar-refractivity contribution is 7.00. The predicted molar refractivity (Wildman–Crippen MR) is 17.0 cm³/mol. The Morgan fingerprint density at radius 1 is 1.25 bits per heavy atom. The molecule has 0 aliphatic carbocycles. The van der Waals surface area contributed by atoms with Gasteiger partial charge in [-0.25, -0.2) is 0 Å². The highest BCUT2D eigenvalue weighted by Crippen LogP contribution is 1.23. The topological polar surface area (TPSA) is 57.5 Å². The van der Waals surface area contributed by atoms with Gasteiger partial charge in [0.1, 0.15) is 0 Å². The minimum Gasteiger partial charge on any atom is -0.333 e. The maximum absolute atomic E-state index is 8.28. The zero-order valence-corrected chi connectivity index (χ0v) is 3.42. The molecule has 4 heteroatoms. The Hall–Kier alpha value is 0.150. The van der Waals surface area contributed by atoms with Gasteiger partial charge in [0, 0.05) is 0 Å². The summed E-state index contributed by atoms with van der Waals surface area (Å²) < 4.78 is 8.28. The summed E-state index contributed by atoms with van der Waals surface area (Å²) >= 11 is 0. The maximum Gasteiger partial charge on any atom is 0.0527 e. The molecule has 0 spiro atoms. The van der Waals surface area contributed by atoms with E-state index in [1.807, 2.05) is 0 Å². The molecular weight excluding hydrogens is 79.0 g/mol. The molecule has 0 bridgehead atoms. The van der Waals surface area contributed by atoms with Crippen LogP contribution in [-0.4, -0.2) is 10.5 Å². The van der Waals surface area contributed by atoms with E-state index in [2.05, 4.69) is 0 Å². The fraction of sp³-hybridized carbons (Fsp3) is 0. The third kappa shape index (κ3) is 126. The second kappa shape index (κ2) is 647. The molecule has 0 radical (unpaired) electrons. The van der Waals surface area contributed by atoms with Gasteiger partial charge in [-0.05, 0) is 0 Å². The van der Waals surface area contributed by atoms with E-state index in [4.69, 9.17) is 15.1 Å². The van der Waals surface area contributed by atoms with Gasteiger partial charge in [-0.1, -0.05) is 0 Å². The molecule has 0 aromatic rings. The predicted octanol–water partition coefficient (Wildman–Crippen LogP) is -0.0433. The molecule has 0 saturated heterocycles. The largest absolute Gasteiger partial charge is 0.333 e. The van der Waals surface area contributed by atoms with Crippen LogP contribution in [0.2, 0.25) is 0 Å². The van der Waals surface area contributed by atoms with Crippen LogP contribution < -0.4 is 0 Å². The van der Waals surface area contributed by atoms with E-state index in [1.165, 1.54) is 0 Å². The summed E-state index contributed by atoms with van der Waals surface area (Å²) in [6.07, 6.45) is 0. The lowest BCUT2D eigenvalue weighted by molar-refractivity contribution is -0.176. The third-order valence-electron chi connectivity index (χ3n) is 0. The molecule has 1 unspecified atom stereocenters. The van der Waals surface area contributed by atoms with Crippen molar-refractivity contribution in [2.45, 2.75) is 0 Å². The summed E-state index contributed by atoms with van der Waals surface area (Å²) in [6.45, 7) is 0. The lowest BCUT2D eigenvalue weighted by Crippen LogP contribution is -1.29. The third-order valence-corrected chi connectivity index (χ3v) is 0. The summed E-state index contributed by atoms with van der Waals surface area (Å²) in [5.41, 5.74) is 0. The van der Waals surface area contributed by atoms with Crippen molar-refractivity contribution in [1.29, 1.82) is 0 Å². The van der Waals surface area contributed by atoms with Gasteiger partial charge in [0.25, 0.3) is 0 Å². The number of rotatable bonds is 0. The SMILES string of the molecule is O=[PH3].OO. The molecule has 0 fully saturated rings. The van der Waals surface area contributed by atoms with Crippen molar-refractivity contribution in [2.75, 3.05) is 0 Å². The maximum atomic E-state index is 8.28. The summed E-state index contributed by atoms with van der Waals surface area (Å²) in [4.78, 5) is 0. The van der Waals surface area contributed by atoms with E-state index in [0.29, 0.717) is 9.12 Å². The first-order valence-electron chi connectivity index (χ1n) is 0.489. The smallest absolute Gasteiger partial charge is 0.0527 e.